The number of fused-ring (bicyclic) bond motifs is 2. The molecule has 0 unspecified atom stereocenters. The highest BCUT2D eigenvalue weighted by atomic mass is 32.1. The van der Waals surface area contributed by atoms with Gasteiger partial charge in [0.2, 0.25) is 0 Å². The molecule has 3 rings (SSSR count). The number of allylic oxidation sites excluding steroid dienone is 1. The van der Waals surface area contributed by atoms with Crippen molar-refractivity contribution < 1.29 is 0 Å². The van der Waals surface area contributed by atoms with Gasteiger partial charge in [0.25, 0.3) is 5.56 Å². The molecule has 1 saturated carbocycles. The van der Waals surface area contributed by atoms with E-state index in [9.17, 15) is 4.79 Å². The van der Waals surface area contributed by atoms with E-state index in [4.69, 9.17) is 17.5 Å². The fourth-order valence-corrected chi connectivity index (χ4v) is 3.66. The lowest BCUT2D eigenvalue weighted by Crippen LogP contribution is -2.46. The van der Waals surface area contributed by atoms with Gasteiger partial charge in [0.05, 0.1) is 0 Å². The van der Waals surface area contributed by atoms with Crippen LogP contribution in [0.15, 0.2) is 23.0 Å². The Morgan fingerprint density at radius 2 is 2.18 bits per heavy atom. The number of pyridine rings is 1. The number of rotatable bonds is 2. The monoisotopic (exact) mass is 314 g/mol. The zero-order chi connectivity index (χ0) is 15.9. The highest BCUT2D eigenvalue weighted by Crippen LogP contribution is 2.38. The first kappa shape index (κ1) is 14.8. The molecule has 1 aromatic heterocycles. The van der Waals surface area contributed by atoms with Crippen molar-refractivity contribution in [3.63, 3.8) is 0 Å². The van der Waals surface area contributed by atoms with Gasteiger partial charge in [-0.2, -0.15) is 5.26 Å². The van der Waals surface area contributed by atoms with E-state index in [0.717, 1.165) is 12.1 Å². The van der Waals surface area contributed by atoms with Crippen LogP contribution in [0.3, 0.4) is 0 Å². The van der Waals surface area contributed by atoms with Gasteiger partial charge in [-0.25, -0.2) is 4.68 Å². The van der Waals surface area contributed by atoms with Crippen molar-refractivity contribution in [3.8, 4) is 6.07 Å². The second-order valence-electron chi connectivity index (χ2n) is 6.07. The molecule has 0 spiro atoms. The summed E-state index contributed by atoms with van der Waals surface area (Å²) in [6, 6.07) is 4.08. The molecule has 3 atom stereocenters. The molecule has 2 N–H and O–H groups in total. The Kier molecular flexibility index (Phi) is 3.75. The van der Waals surface area contributed by atoms with E-state index in [1.807, 2.05) is 13.0 Å². The molecular formula is C16H18N4OS. The molecular weight excluding hydrogens is 296 g/mol. The first-order valence-corrected chi connectivity index (χ1v) is 7.79. The van der Waals surface area contributed by atoms with Crippen LogP contribution in [0.5, 0.6) is 0 Å². The number of hydrogen-bond donors (Lipinski definition) is 2. The maximum Gasteiger partial charge on any atom is 0.287 e. The van der Waals surface area contributed by atoms with Crippen LogP contribution in [-0.2, 0) is 0 Å². The van der Waals surface area contributed by atoms with Crippen LogP contribution < -0.4 is 16.3 Å². The summed E-state index contributed by atoms with van der Waals surface area (Å²) in [6.45, 7) is 3.57. The minimum absolute atomic E-state index is 0.142. The largest absolute Gasteiger partial charge is 0.358 e. The van der Waals surface area contributed by atoms with E-state index in [1.54, 1.807) is 13.0 Å². The summed E-state index contributed by atoms with van der Waals surface area (Å²) >= 11 is 5.33. The van der Waals surface area contributed by atoms with Crippen molar-refractivity contribution in [3.05, 3.63) is 45.4 Å². The van der Waals surface area contributed by atoms with Crippen molar-refractivity contribution in [2.24, 2.45) is 11.8 Å². The second-order valence-corrected chi connectivity index (χ2v) is 6.48. The Morgan fingerprint density at radius 3 is 2.77 bits per heavy atom. The molecule has 1 heterocycles. The molecule has 6 heteroatoms. The van der Waals surface area contributed by atoms with Gasteiger partial charge >= 0.3 is 0 Å². The Hall–Kier alpha value is -2.13. The SMILES string of the molecule is Cc1cc(C)n(NC(=S)N[C@H]2C[C@H]3C=C[C@H]2C3)c(=O)c1C#N. The summed E-state index contributed by atoms with van der Waals surface area (Å²) < 4.78 is 1.34. The predicted octanol–water partition coefficient (Wildman–Crippen LogP) is 1.72. The van der Waals surface area contributed by atoms with E-state index < -0.39 is 0 Å². The van der Waals surface area contributed by atoms with Crippen LogP contribution in [0.4, 0.5) is 0 Å². The van der Waals surface area contributed by atoms with Crippen molar-refractivity contribution in [1.29, 1.82) is 5.26 Å². The topological polar surface area (TPSA) is 69.8 Å². The van der Waals surface area contributed by atoms with E-state index in [0.29, 0.717) is 28.6 Å². The lowest BCUT2D eigenvalue weighted by atomic mass is 10.0. The molecule has 0 aromatic carbocycles. The lowest BCUT2D eigenvalue weighted by molar-refractivity contribution is 0.524. The number of nitriles is 1. The molecule has 0 saturated heterocycles. The van der Waals surface area contributed by atoms with Crippen molar-refractivity contribution >= 4 is 17.3 Å². The standard InChI is InChI=1S/C16H18N4OS/c1-9-5-10(2)20(15(21)13(9)8-17)19-16(22)18-14-7-11-3-4-12(14)6-11/h3-5,11-12,14H,6-7H2,1-2H3,(H2,18,19,22)/t11-,12-,14-/m0/s1. The Bertz CT molecular complexity index is 759. The van der Waals surface area contributed by atoms with E-state index in [1.165, 1.54) is 11.1 Å². The minimum atomic E-state index is -0.364. The molecule has 1 fully saturated rings. The van der Waals surface area contributed by atoms with Gasteiger partial charge < -0.3 is 5.32 Å². The summed E-state index contributed by atoms with van der Waals surface area (Å²) in [6.07, 6.45) is 6.77. The Balaban J connectivity index is 1.76. The van der Waals surface area contributed by atoms with Crippen LogP contribution in [0, 0.1) is 37.0 Å². The minimum Gasteiger partial charge on any atom is -0.358 e. The van der Waals surface area contributed by atoms with Gasteiger partial charge in [-0.1, -0.05) is 12.2 Å². The Labute approximate surface area is 134 Å². The summed E-state index contributed by atoms with van der Waals surface area (Å²) in [7, 11) is 0. The van der Waals surface area contributed by atoms with E-state index in [-0.39, 0.29) is 11.1 Å². The van der Waals surface area contributed by atoms with Crippen LogP contribution >= 0.6 is 12.2 Å². The van der Waals surface area contributed by atoms with Gasteiger partial charge in [0.1, 0.15) is 11.6 Å². The number of hydrogen-bond acceptors (Lipinski definition) is 3. The number of aryl methyl sites for hydroxylation is 2. The fourth-order valence-electron chi connectivity index (χ4n) is 3.41. The summed E-state index contributed by atoms with van der Waals surface area (Å²) in [5, 5.41) is 12.8. The predicted molar refractivity (Wildman–Crippen MR) is 89.1 cm³/mol. The maximum absolute atomic E-state index is 12.3. The summed E-state index contributed by atoms with van der Waals surface area (Å²) in [5.74, 6) is 1.18. The van der Waals surface area contributed by atoms with E-state index in [2.05, 4.69) is 22.9 Å². The van der Waals surface area contributed by atoms with Crippen LogP contribution in [0.1, 0.15) is 29.7 Å². The molecule has 0 aliphatic heterocycles. The van der Waals surface area contributed by atoms with E-state index >= 15 is 0 Å². The quantitative estimate of drug-likeness (QED) is 0.642. The zero-order valence-corrected chi connectivity index (χ0v) is 13.4. The van der Waals surface area contributed by atoms with Crippen molar-refractivity contribution in [2.45, 2.75) is 32.7 Å². The molecule has 1 aromatic rings. The van der Waals surface area contributed by atoms with Gasteiger partial charge in [0, 0.05) is 11.7 Å². The third-order valence-electron chi connectivity index (χ3n) is 4.51. The van der Waals surface area contributed by atoms with Gasteiger partial charge in [-0.15, -0.1) is 0 Å². The van der Waals surface area contributed by atoms with Gasteiger partial charge in [0.15, 0.2) is 5.11 Å². The second kappa shape index (κ2) is 5.58. The third-order valence-corrected chi connectivity index (χ3v) is 4.72. The van der Waals surface area contributed by atoms with Gasteiger partial charge in [-0.05, 0) is 62.4 Å². The lowest BCUT2D eigenvalue weighted by Gasteiger charge is -2.23. The molecule has 114 valence electrons. The van der Waals surface area contributed by atoms with Crippen LogP contribution in [0.2, 0.25) is 0 Å². The molecule has 2 aliphatic rings. The number of thiocarbonyl (C=S) groups is 1. The number of aromatic nitrogens is 1. The van der Waals surface area contributed by atoms with Gasteiger partial charge in [-0.3, -0.25) is 10.2 Å². The number of nitrogens with one attached hydrogen (secondary N) is 2. The number of nitrogens with zero attached hydrogens (tertiary/aromatic N) is 2. The average molecular weight is 314 g/mol. The molecule has 0 radical (unpaired) electrons. The fraction of sp³-hybridized carbons (Fsp3) is 0.438. The first-order chi connectivity index (χ1) is 10.5. The molecule has 22 heavy (non-hydrogen) atoms. The molecule has 2 bridgehead atoms. The van der Waals surface area contributed by atoms with Crippen molar-refractivity contribution in [2.75, 3.05) is 5.43 Å². The Morgan fingerprint density at radius 1 is 1.41 bits per heavy atom. The maximum atomic E-state index is 12.3. The summed E-state index contributed by atoms with van der Waals surface area (Å²) in [4.78, 5) is 12.3. The highest BCUT2D eigenvalue weighted by molar-refractivity contribution is 7.80. The summed E-state index contributed by atoms with van der Waals surface area (Å²) in [5.41, 5.74) is 4.10. The zero-order valence-electron chi connectivity index (χ0n) is 12.6. The van der Waals surface area contributed by atoms with Crippen LogP contribution in [-0.4, -0.2) is 15.8 Å². The average Bonchev–Trinajstić information content (AvgIpc) is 3.06. The highest BCUT2D eigenvalue weighted by Gasteiger charge is 2.35. The molecule has 5 nitrogen and oxygen atoms in total. The normalized spacial score (nSPS) is 25.0. The first-order valence-electron chi connectivity index (χ1n) is 7.39. The van der Waals surface area contributed by atoms with Crippen LogP contribution in [0.25, 0.3) is 0 Å². The molecule has 0 amide bonds. The third kappa shape index (κ3) is 2.53. The molecule has 2 aliphatic carbocycles. The smallest absolute Gasteiger partial charge is 0.287 e. The van der Waals surface area contributed by atoms with Crippen molar-refractivity contribution in [1.82, 2.24) is 9.99 Å².